The number of ether oxygens (including phenoxy) is 1. The second kappa shape index (κ2) is 7.71. The number of rotatable bonds is 3. The molecule has 9 nitrogen and oxygen atoms in total. The van der Waals surface area contributed by atoms with Crippen molar-refractivity contribution in [1.82, 2.24) is 9.55 Å². The maximum Gasteiger partial charge on any atom is 0.343 e. The van der Waals surface area contributed by atoms with Crippen molar-refractivity contribution in [1.29, 1.82) is 0 Å². The van der Waals surface area contributed by atoms with Gasteiger partial charge in [-0.05, 0) is 41.8 Å². The zero-order valence-corrected chi connectivity index (χ0v) is 19.5. The van der Waals surface area contributed by atoms with Crippen LogP contribution in [0.4, 0.5) is 4.39 Å². The number of fused-ring (bicyclic) bond motifs is 5. The Hall–Kier alpha value is -4.57. The highest BCUT2D eigenvalue weighted by molar-refractivity contribution is 6.01. The number of nitrogens with two attached hydrogens (primary N) is 1. The third-order valence-corrected chi connectivity index (χ3v) is 7.21. The van der Waals surface area contributed by atoms with Crippen LogP contribution in [0.15, 0.2) is 47.3 Å². The van der Waals surface area contributed by atoms with Gasteiger partial charge in [-0.1, -0.05) is 19.1 Å². The lowest BCUT2D eigenvalue weighted by atomic mass is 9.86. The van der Waals surface area contributed by atoms with Crippen molar-refractivity contribution in [2.45, 2.75) is 32.1 Å². The number of carbonyl (C=O) groups is 2. The molecule has 2 aromatic heterocycles. The minimum absolute atomic E-state index is 0.00167. The number of aliphatic hydroxyl groups is 1. The van der Waals surface area contributed by atoms with E-state index in [0.29, 0.717) is 39.0 Å². The van der Waals surface area contributed by atoms with E-state index in [9.17, 15) is 29.0 Å². The summed E-state index contributed by atoms with van der Waals surface area (Å²) in [5, 5.41) is 21.7. The van der Waals surface area contributed by atoms with Gasteiger partial charge in [0.25, 0.3) is 5.56 Å². The standard InChI is InChI=1S/C27H20FN3O6/c1-2-27(36)17-8-20-23-15(10-31(20)25(34)16(17)11-37-26(27)35)22(12-3-5-13(6-4-12)24(29)33)14-7-21(32)18(28)9-19(14)30-23/h3-9,32,36H,2,10-11H2,1H3,(H2,29,33)/t27-/m0/s1. The molecule has 0 aliphatic carbocycles. The van der Waals surface area contributed by atoms with Crippen LogP contribution in [0.3, 0.4) is 0 Å². The summed E-state index contributed by atoms with van der Waals surface area (Å²) in [5.41, 5.74) is 6.43. The van der Waals surface area contributed by atoms with Gasteiger partial charge >= 0.3 is 5.97 Å². The van der Waals surface area contributed by atoms with Crippen LogP contribution in [0.5, 0.6) is 5.75 Å². The summed E-state index contributed by atoms with van der Waals surface area (Å²) < 4.78 is 21.0. The number of primary amides is 1. The summed E-state index contributed by atoms with van der Waals surface area (Å²) >= 11 is 0. The normalized spacial score (nSPS) is 17.8. The fourth-order valence-electron chi connectivity index (χ4n) is 5.22. The number of phenolic OH excluding ortho intramolecular Hbond substituents is 1. The van der Waals surface area contributed by atoms with Gasteiger partial charge in [-0.2, -0.15) is 0 Å². The summed E-state index contributed by atoms with van der Waals surface area (Å²) in [6, 6.07) is 10.4. The number of hydrogen-bond acceptors (Lipinski definition) is 7. The fraction of sp³-hybridized carbons (Fsp3) is 0.185. The van der Waals surface area contributed by atoms with E-state index in [1.807, 2.05) is 0 Å². The van der Waals surface area contributed by atoms with E-state index in [0.717, 1.165) is 6.07 Å². The number of aromatic hydroxyl groups is 1. The molecule has 0 radical (unpaired) electrons. The lowest BCUT2D eigenvalue weighted by molar-refractivity contribution is -0.172. The Balaban J connectivity index is 1.68. The van der Waals surface area contributed by atoms with Crippen LogP contribution in [0, 0.1) is 5.82 Å². The number of cyclic esters (lactones) is 1. The maximum atomic E-state index is 14.4. The van der Waals surface area contributed by atoms with E-state index < -0.39 is 34.6 Å². The monoisotopic (exact) mass is 501 g/mol. The number of benzene rings is 2. The van der Waals surface area contributed by atoms with Gasteiger partial charge in [0, 0.05) is 28.1 Å². The third kappa shape index (κ3) is 3.12. The second-order valence-corrected chi connectivity index (χ2v) is 9.18. The number of carbonyl (C=O) groups excluding carboxylic acids is 2. The fourth-order valence-corrected chi connectivity index (χ4v) is 5.22. The molecule has 4 N–H and O–H groups in total. The first kappa shape index (κ1) is 22.9. The molecule has 2 aromatic carbocycles. The van der Waals surface area contributed by atoms with Gasteiger partial charge in [0.2, 0.25) is 5.91 Å². The number of amides is 1. The van der Waals surface area contributed by atoms with Crippen LogP contribution in [0.2, 0.25) is 0 Å². The van der Waals surface area contributed by atoms with Crippen molar-refractivity contribution in [2.24, 2.45) is 5.73 Å². The number of nitrogens with zero attached hydrogens (tertiary/aromatic N) is 2. The largest absolute Gasteiger partial charge is 0.505 e. The Morgan fingerprint density at radius 2 is 1.92 bits per heavy atom. The van der Waals surface area contributed by atoms with Gasteiger partial charge in [-0.3, -0.25) is 9.59 Å². The first-order chi connectivity index (χ1) is 17.6. The maximum absolute atomic E-state index is 14.4. The van der Waals surface area contributed by atoms with Gasteiger partial charge in [-0.25, -0.2) is 14.2 Å². The summed E-state index contributed by atoms with van der Waals surface area (Å²) in [7, 11) is 0. The quantitative estimate of drug-likeness (QED) is 0.322. The molecule has 2 aliphatic rings. The Morgan fingerprint density at radius 3 is 2.59 bits per heavy atom. The highest BCUT2D eigenvalue weighted by Gasteiger charge is 2.45. The van der Waals surface area contributed by atoms with Crippen LogP contribution in [-0.4, -0.2) is 31.6 Å². The van der Waals surface area contributed by atoms with Crippen LogP contribution in [0.1, 0.15) is 40.4 Å². The van der Waals surface area contributed by atoms with Crippen LogP contribution >= 0.6 is 0 Å². The molecule has 0 bridgehead atoms. The Morgan fingerprint density at radius 1 is 1.19 bits per heavy atom. The molecule has 6 rings (SSSR count). The van der Waals surface area contributed by atoms with E-state index in [4.69, 9.17) is 10.5 Å². The lowest BCUT2D eigenvalue weighted by Crippen LogP contribution is -2.44. The Kier molecular flexibility index (Phi) is 4.77. The smallest absolute Gasteiger partial charge is 0.343 e. The Labute approximate surface area is 208 Å². The van der Waals surface area contributed by atoms with E-state index in [2.05, 4.69) is 4.98 Å². The molecular formula is C27H20FN3O6. The molecule has 0 saturated heterocycles. The molecule has 186 valence electrons. The molecule has 10 heteroatoms. The molecular weight excluding hydrogens is 481 g/mol. The van der Waals surface area contributed by atoms with E-state index in [-0.39, 0.29) is 36.2 Å². The van der Waals surface area contributed by atoms with Crippen LogP contribution in [-0.2, 0) is 28.3 Å². The molecule has 1 atom stereocenters. The first-order valence-corrected chi connectivity index (χ1v) is 11.6. The second-order valence-electron chi connectivity index (χ2n) is 9.18. The van der Waals surface area contributed by atoms with E-state index >= 15 is 0 Å². The molecule has 0 spiro atoms. The molecule has 4 heterocycles. The molecule has 1 amide bonds. The minimum atomic E-state index is -1.98. The average Bonchev–Trinajstić information content (AvgIpc) is 3.24. The summed E-state index contributed by atoms with van der Waals surface area (Å²) in [5.74, 6) is -2.85. The average molecular weight is 501 g/mol. The van der Waals surface area contributed by atoms with E-state index in [1.54, 1.807) is 37.3 Å². The van der Waals surface area contributed by atoms with Gasteiger partial charge in [0.15, 0.2) is 17.2 Å². The van der Waals surface area contributed by atoms with E-state index in [1.165, 1.54) is 10.6 Å². The van der Waals surface area contributed by atoms with Gasteiger partial charge < -0.3 is 25.3 Å². The summed E-state index contributed by atoms with van der Waals surface area (Å²) in [6.07, 6.45) is 0.00167. The molecule has 0 saturated carbocycles. The van der Waals surface area contributed by atoms with Crippen molar-refractivity contribution >= 4 is 22.8 Å². The van der Waals surface area contributed by atoms with Crippen LogP contribution in [0.25, 0.3) is 33.4 Å². The number of pyridine rings is 2. The van der Waals surface area contributed by atoms with Gasteiger partial charge in [0.1, 0.15) is 6.61 Å². The minimum Gasteiger partial charge on any atom is -0.505 e. The molecule has 2 aliphatic heterocycles. The molecule has 37 heavy (non-hydrogen) atoms. The van der Waals surface area contributed by atoms with Crippen molar-refractivity contribution in [2.75, 3.05) is 0 Å². The van der Waals surface area contributed by atoms with Crippen LogP contribution < -0.4 is 11.3 Å². The van der Waals surface area contributed by atoms with Crippen molar-refractivity contribution in [3.8, 4) is 28.3 Å². The summed E-state index contributed by atoms with van der Waals surface area (Å²) in [4.78, 5) is 42.2. The van der Waals surface area contributed by atoms with Crippen molar-refractivity contribution in [3.05, 3.63) is 80.9 Å². The van der Waals surface area contributed by atoms with Gasteiger partial charge in [-0.15, -0.1) is 0 Å². The zero-order valence-electron chi connectivity index (χ0n) is 19.5. The third-order valence-electron chi connectivity index (χ3n) is 7.21. The zero-order chi connectivity index (χ0) is 26.2. The van der Waals surface area contributed by atoms with Crippen molar-refractivity contribution in [3.63, 3.8) is 0 Å². The first-order valence-electron chi connectivity index (χ1n) is 11.6. The number of phenols is 1. The topological polar surface area (TPSA) is 145 Å². The highest BCUT2D eigenvalue weighted by Crippen LogP contribution is 2.44. The molecule has 0 fully saturated rings. The molecule has 0 unspecified atom stereocenters. The Bertz CT molecular complexity index is 1740. The molecule has 4 aromatic rings. The number of halogens is 1. The predicted molar refractivity (Wildman–Crippen MR) is 130 cm³/mol. The number of esters is 1. The van der Waals surface area contributed by atoms with Crippen molar-refractivity contribution < 1.29 is 28.9 Å². The number of hydrogen-bond donors (Lipinski definition) is 3. The van der Waals surface area contributed by atoms with Gasteiger partial charge in [0.05, 0.1) is 29.0 Å². The lowest BCUT2D eigenvalue weighted by Gasteiger charge is -2.31. The number of aromatic nitrogens is 2. The predicted octanol–water partition coefficient (Wildman–Crippen LogP) is 2.69. The SMILES string of the molecule is CC[C@@]1(O)C(=O)OCc2c1cc1n(c2=O)Cc2c-1nc1cc(F)c(O)cc1c2-c1ccc(C(N)=O)cc1. The summed E-state index contributed by atoms with van der Waals surface area (Å²) in [6.45, 7) is 1.45. The highest BCUT2D eigenvalue weighted by atomic mass is 19.1.